The maximum atomic E-state index is 6.89. The largest absolute Gasteiger partial charge is 0.414 e. The molecule has 0 spiro atoms. The fourth-order valence-corrected chi connectivity index (χ4v) is 6.49. The third kappa shape index (κ3) is 5.89. The number of fused-ring (bicyclic) bond motifs is 1. The van der Waals surface area contributed by atoms with E-state index in [1.54, 1.807) is 11.8 Å². The van der Waals surface area contributed by atoms with E-state index >= 15 is 0 Å². The van der Waals surface area contributed by atoms with Crippen molar-refractivity contribution < 1.29 is 13.6 Å². The summed E-state index contributed by atoms with van der Waals surface area (Å²) in [6.07, 6.45) is 1.00. The highest BCUT2D eigenvalue weighted by atomic mass is 32.2. The molecule has 2 aliphatic heterocycles. The topological polar surface area (TPSA) is 43.3 Å². The molecule has 4 atom stereocenters. The van der Waals surface area contributed by atoms with Crippen LogP contribution in [-0.4, -0.2) is 71.1 Å². The van der Waals surface area contributed by atoms with E-state index in [1.165, 1.54) is 0 Å². The fraction of sp³-hybridized carbons (Fsp3) is 0.952. The Morgan fingerprint density at radius 2 is 1.59 bits per heavy atom. The van der Waals surface area contributed by atoms with Crippen LogP contribution < -0.4 is 0 Å². The van der Waals surface area contributed by atoms with E-state index in [2.05, 4.69) is 72.6 Å². The minimum Gasteiger partial charge on any atom is -0.414 e. The summed E-state index contributed by atoms with van der Waals surface area (Å²) in [4.78, 5) is 7.07. The second-order valence-electron chi connectivity index (χ2n) is 11.8. The van der Waals surface area contributed by atoms with E-state index in [4.69, 9.17) is 18.6 Å². The lowest BCUT2D eigenvalue weighted by molar-refractivity contribution is -0.0816. The van der Waals surface area contributed by atoms with Crippen molar-refractivity contribution in [2.45, 2.75) is 108 Å². The Labute approximate surface area is 185 Å². The molecule has 0 aliphatic carbocycles. The van der Waals surface area contributed by atoms with E-state index in [0.29, 0.717) is 6.61 Å². The van der Waals surface area contributed by atoms with Gasteiger partial charge in [0, 0.05) is 20.5 Å². The SMILES string of the molecule is CN(C)C1=N[C@H]2[C@H](O[C@@H](CO[Si](C)(C)C(C)(C)C)C[C@H]2O[Si](C)(C)C(C)(C)C)S1. The first kappa shape index (κ1) is 25.4. The van der Waals surface area contributed by atoms with Crippen LogP contribution in [0.5, 0.6) is 0 Å². The number of nitrogens with zero attached hydrogens (tertiary/aromatic N) is 2. The second-order valence-corrected chi connectivity index (χ2v) is 22.4. The lowest BCUT2D eigenvalue weighted by Gasteiger charge is -2.45. The second kappa shape index (κ2) is 8.58. The van der Waals surface area contributed by atoms with Crippen LogP contribution in [0, 0.1) is 0 Å². The molecule has 0 aromatic heterocycles. The average molecular weight is 461 g/mol. The fourth-order valence-electron chi connectivity index (χ4n) is 2.92. The monoisotopic (exact) mass is 460 g/mol. The Hall–Kier alpha value is 0.134. The number of rotatable bonds is 5. The van der Waals surface area contributed by atoms with Crippen molar-refractivity contribution in [1.82, 2.24) is 4.90 Å². The van der Waals surface area contributed by atoms with Crippen LogP contribution in [0.4, 0.5) is 0 Å². The molecule has 2 rings (SSSR count). The summed E-state index contributed by atoms with van der Waals surface area (Å²) < 4.78 is 19.9. The van der Waals surface area contributed by atoms with Crippen molar-refractivity contribution in [2.75, 3.05) is 20.7 Å². The van der Waals surface area contributed by atoms with Crippen LogP contribution in [0.15, 0.2) is 4.99 Å². The number of ether oxygens (including phenoxy) is 1. The summed E-state index contributed by atoms with van der Waals surface area (Å²) in [6.45, 7) is 23.7. The highest BCUT2D eigenvalue weighted by Crippen LogP contribution is 2.44. The Morgan fingerprint density at radius 1 is 1.03 bits per heavy atom. The molecule has 0 aromatic carbocycles. The molecule has 5 nitrogen and oxygen atoms in total. The number of thioether (sulfide) groups is 1. The number of aliphatic imine (C=N–C) groups is 1. The van der Waals surface area contributed by atoms with Crippen molar-refractivity contribution in [3.8, 4) is 0 Å². The summed E-state index contributed by atoms with van der Waals surface area (Å²) in [5.74, 6) is 0. The molecule has 0 amide bonds. The van der Waals surface area contributed by atoms with Gasteiger partial charge in [-0.3, -0.25) is 4.99 Å². The zero-order valence-corrected chi connectivity index (χ0v) is 23.6. The van der Waals surface area contributed by atoms with Gasteiger partial charge in [0.05, 0.1) is 18.8 Å². The standard InChI is InChI=1S/C21H44N2O3SSi2/c1-20(2,3)28(9,10)24-14-15-13-16(26-29(11,12)21(4,5)6)17-18(25-15)27-19(22-17)23(7)8/h15-18H,13-14H2,1-12H3/t15-,16-,17-,18-/m1/s1. The highest BCUT2D eigenvalue weighted by molar-refractivity contribution is 8.14. The van der Waals surface area contributed by atoms with E-state index in [-0.39, 0.29) is 33.8 Å². The predicted molar refractivity (Wildman–Crippen MR) is 131 cm³/mol. The predicted octanol–water partition coefficient (Wildman–Crippen LogP) is 5.55. The van der Waals surface area contributed by atoms with Crippen molar-refractivity contribution in [1.29, 1.82) is 0 Å². The summed E-state index contributed by atoms with van der Waals surface area (Å²) in [5, 5.41) is 1.41. The van der Waals surface area contributed by atoms with Gasteiger partial charge in [0.1, 0.15) is 11.5 Å². The molecular formula is C21H44N2O3SSi2. The van der Waals surface area contributed by atoms with Crippen LogP contribution >= 0.6 is 11.8 Å². The molecule has 1 fully saturated rings. The maximum absolute atomic E-state index is 6.89. The van der Waals surface area contributed by atoms with E-state index < -0.39 is 16.6 Å². The molecule has 29 heavy (non-hydrogen) atoms. The molecular weight excluding hydrogens is 416 g/mol. The minimum atomic E-state index is -1.90. The number of hydrogen-bond donors (Lipinski definition) is 0. The third-order valence-corrected chi connectivity index (χ3v) is 17.3. The Kier molecular flexibility index (Phi) is 7.51. The lowest BCUT2D eigenvalue weighted by atomic mass is 10.0. The van der Waals surface area contributed by atoms with Crippen LogP contribution in [0.3, 0.4) is 0 Å². The zero-order valence-electron chi connectivity index (χ0n) is 20.8. The molecule has 2 heterocycles. The molecule has 0 saturated carbocycles. The Morgan fingerprint density at radius 3 is 2.07 bits per heavy atom. The molecule has 2 aliphatic rings. The molecule has 0 aromatic rings. The van der Waals surface area contributed by atoms with Crippen LogP contribution in [0.2, 0.25) is 36.3 Å². The molecule has 8 heteroatoms. The van der Waals surface area contributed by atoms with Crippen LogP contribution in [0.1, 0.15) is 48.0 Å². The molecule has 0 bridgehead atoms. The van der Waals surface area contributed by atoms with Gasteiger partial charge in [0.25, 0.3) is 0 Å². The van der Waals surface area contributed by atoms with Gasteiger partial charge in [-0.2, -0.15) is 0 Å². The lowest BCUT2D eigenvalue weighted by Crippen LogP contribution is -2.54. The highest BCUT2D eigenvalue weighted by Gasteiger charge is 2.49. The maximum Gasteiger partial charge on any atom is 0.192 e. The third-order valence-electron chi connectivity index (χ3n) is 7.03. The molecule has 0 radical (unpaired) electrons. The normalized spacial score (nSPS) is 28.9. The first-order valence-corrected chi connectivity index (χ1v) is 17.5. The average Bonchev–Trinajstić information content (AvgIpc) is 2.95. The number of amidine groups is 1. The Balaban J connectivity index is 2.18. The Bertz CT molecular complexity index is 612. The smallest absolute Gasteiger partial charge is 0.192 e. The number of hydrogen-bond acceptors (Lipinski definition) is 6. The quantitative estimate of drug-likeness (QED) is 0.503. The van der Waals surface area contributed by atoms with Gasteiger partial charge in [-0.15, -0.1) is 0 Å². The molecule has 0 N–H and O–H groups in total. The summed E-state index contributed by atoms with van der Waals surface area (Å²) in [7, 11) is 0.384. The van der Waals surface area contributed by atoms with Gasteiger partial charge in [-0.1, -0.05) is 53.3 Å². The van der Waals surface area contributed by atoms with Crippen molar-refractivity contribution >= 4 is 33.6 Å². The van der Waals surface area contributed by atoms with E-state index in [1.807, 2.05) is 14.1 Å². The first-order chi connectivity index (χ1) is 12.9. The van der Waals surface area contributed by atoms with Crippen molar-refractivity contribution in [2.24, 2.45) is 4.99 Å². The van der Waals surface area contributed by atoms with Crippen LogP contribution in [-0.2, 0) is 13.6 Å². The van der Waals surface area contributed by atoms with Gasteiger partial charge >= 0.3 is 0 Å². The van der Waals surface area contributed by atoms with Gasteiger partial charge in [0.2, 0.25) is 0 Å². The van der Waals surface area contributed by atoms with E-state index in [0.717, 1.165) is 11.6 Å². The summed E-state index contributed by atoms with van der Waals surface area (Å²) in [6, 6.07) is 0.0654. The van der Waals surface area contributed by atoms with Crippen molar-refractivity contribution in [3.05, 3.63) is 0 Å². The van der Waals surface area contributed by atoms with Crippen molar-refractivity contribution in [3.63, 3.8) is 0 Å². The zero-order chi connectivity index (χ0) is 22.4. The summed E-state index contributed by atoms with van der Waals surface area (Å²) >= 11 is 1.73. The first-order valence-electron chi connectivity index (χ1n) is 10.8. The minimum absolute atomic E-state index is 0.0175. The van der Waals surface area contributed by atoms with Gasteiger partial charge in [-0.05, 0) is 36.3 Å². The van der Waals surface area contributed by atoms with E-state index in [9.17, 15) is 0 Å². The van der Waals surface area contributed by atoms with Gasteiger partial charge in [-0.25, -0.2) is 0 Å². The summed E-state index contributed by atoms with van der Waals surface area (Å²) in [5.41, 5.74) is 0.0175. The van der Waals surface area contributed by atoms with Gasteiger partial charge in [0.15, 0.2) is 21.8 Å². The molecule has 0 unspecified atom stereocenters. The van der Waals surface area contributed by atoms with Gasteiger partial charge < -0.3 is 18.5 Å². The molecule has 170 valence electrons. The molecule has 1 saturated heterocycles. The van der Waals surface area contributed by atoms with Crippen LogP contribution in [0.25, 0.3) is 0 Å².